The van der Waals surface area contributed by atoms with Gasteiger partial charge in [-0.15, -0.1) is 0 Å². The average Bonchev–Trinajstić information content (AvgIpc) is 2.47. The van der Waals surface area contributed by atoms with Crippen LogP contribution < -0.4 is 15.8 Å². The monoisotopic (exact) mass is 348 g/mol. The van der Waals surface area contributed by atoms with Crippen molar-refractivity contribution in [1.29, 1.82) is 0 Å². The van der Waals surface area contributed by atoms with E-state index in [1.165, 1.54) is 0 Å². The number of amides is 1. The molecule has 0 spiro atoms. The van der Waals surface area contributed by atoms with Crippen LogP contribution in [-0.4, -0.2) is 13.0 Å². The summed E-state index contributed by atoms with van der Waals surface area (Å²) in [5.74, 6) is 0.382. The predicted octanol–water partition coefficient (Wildman–Crippen LogP) is 3.53. The van der Waals surface area contributed by atoms with Crippen molar-refractivity contribution in [3.63, 3.8) is 0 Å². The van der Waals surface area contributed by atoms with Gasteiger partial charge in [0.1, 0.15) is 5.75 Å². The first kappa shape index (κ1) is 15.4. The van der Waals surface area contributed by atoms with E-state index >= 15 is 0 Å². The van der Waals surface area contributed by atoms with Crippen molar-refractivity contribution in [3.05, 3.63) is 58.1 Å². The van der Waals surface area contributed by atoms with Crippen molar-refractivity contribution < 1.29 is 9.53 Å². The normalized spacial score (nSPS) is 11.8. The van der Waals surface area contributed by atoms with E-state index in [4.69, 9.17) is 10.5 Å². The molecule has 0 saturated heterocycles. The number of nitrogens with two attached hydrogens (primary N) is 1. The van der Waals surface area contributed by atoms with Gasteiger partial charge in [-0.1, -0.05) is 28.1 Å². The molecule has 0 fully saturated rings. The lowest BCUT2D eigenvalue weighted by molar-refractivity contribution is 0.0939. The highest BCUT2D eigenvalue weighted by molar-refractivity contribution is 9.10. The van der Waals surface area contributed by atoms with Crippen LogP contribution >= 0.6 is 15.9 Å². The summed E-state index contributed by atoms with van der Waals surface area (Å²) in [5, 5.41) is 2.95. The summed E-state index contributed by atoms with van der Waals surface area (Å²) in [7, 11) is 1.54. The molecule has 2 aromatic carbocycles. The maximum Gasteiger partial charge on any atom is 0.251 e. The van der Waals surface area contributed by atoms with E-state index in [9.17, 15) is 4.79 Å². The van der Waals surface area contributed by atoms with Gasteiger partial charge in [-0.3, -0.25) is 4.79 Å². The van der Waals surface area contributed by atoms with Gasteiger partial charge < -0.3 is 15.8 Å². The highest BCUT2D eigenvalue weighted by Crippen LogP contribution is 2.20. The van der Waals surface area contributed by atoms with Gasteiger partial charge >= 0.3 is 0 Å². The third kappa shape index (κ3) is 3.98. The Labute approximate surface area is 132 Å². The fourth-order valence-corrected chi connectivity index (χ4v) is 2.25. The Kier molecular flexibility index (Phi) is 4.85. The summed E-state index contributed by atoms with van der Waals surface area (Å²) in [5.41, 5.74) is 7.77. The van der Waals surface area contributed by atoms with Gasteiger partial charge in [0, 0.05) is 21.8 Å². The number of nitrogen functional groups attached to an aromatic ring is 1. The molecule has 0 aromatic heterocycles. The molecule has 0 bridgehead atoms. The summed E-state index contributed by atoms with van der Waals surface area (Å²) in [6.07, 6.45) is 0. The summed E-state index contributed by atoms with van der Waals surface area (Å²) in [6, 6.07) is 12.7. The van der Waals surface area contributed by atoms with E-state index in [0.717, 1.165) is 10.0 Å². The van der Waals surface area contributed by atoms with Gasteiger partial charge in [0.25, 0.3) is 5.91 Å². The molecule has 1 unspecified atom stereocenters. The van der Waals surface area contributed by atoms with Crippen molar-refractivity contribution in [3.8, 4) is 5.75 Å². The zero-order valence-corrected chi connectivity index (χ0v) is 13.5. The van der Waals surface area contributed by atoms with Crippen LogP contribution in [0.15, 0.2) is 46.9 Å². The molecule has 0 aliphatic heterocycles. The molecule has 2 aromatic rings. The molecular weight excluding hydrogens is 332 g/mol. The third-order valence-electron chi connectivity index (χ3n) is 3.14. The molecule has 2 rings (SSSR count). The maximum atomic E-state index is 12.3. The minimum absolute atomic E-state index is 0.0991. The highest BCUT2D eigenvalue weighted by Gasteiger charge is 2.13. The molecular formula is C16H17BrN2O2. The van der Waals surface area contributed by atoms with Gasteiger partial charge in [0.05, 0.1) is 13.2 Å². The molecule has 0 aliphatic carbocycles. The van der Waals surface area contributed by atoms with Crippen molar-refractivity contribution in [1.82, 2.24) is 5.32 Å². The number of anilines is 1. The van der Waals surface area contributed by atoms with Crippen LogP contribution in [0.3, 0.4) is 0 Å². The Morgan fingerprint density at radius 2 is 1.90 bits per heavy atom. The minimum atomic E-state index is -0.184. The van der Waals surface area contributed by atoms with Gasteiger partial charge in [-0.2, -0.15) is 0 Å². The summed E-state index contributed by atoms with van der Waals surface area (Å²) in [6.45, 7) is 1.94. The molecule has 1 atom stereocenters. The molecule has 110 valence electrons. The van der Waals surface area contributed by atoms with Crippen molar-refractivity contribution in [2.45, 2.75) is 13.0 Å². The maximum absolute atomic E-state index is 12.3. The number of hydrogen-bond acceptors (Lipinski definition) is 3. The van der Waals surface area contributed by atoms with Crippen LogP contribution in [0.4, 0.5) is 5.69 Å². The molecule has 5 heteroatoms. The fourth-order valence-electron chi connectivity index (χ4n) is 1.99. The van der Waals surface area contributed by atoms with Crippen LogP contribution in [0.25, 0.3) is 0 Å². The van der Waals surface area contributed by atoms with E-state index in [0.29, 0.717) is 17.0 Å². The minimum Gasteiger partial charge on any atom is -0.497 e. The standard InChI is InChI=1S/C16H17BrN2O2/c1-10(11-3-5-13(17)6-4-11)19-16(20)12-7-14(18)9-15(8-12)21-2/h3-10H,18H2,1-2H3,(H,19,20). The number of nitrogens with one attached hydrogen (secondary N) is 1. The molecule has 4 nitrogen and oxygen atoms in total. The molecule has 0 aliphatic rings. The lowest BCUT2D eigenvalue weighted by atomic mass is 10.1. The van der Waals surface area contributed by atoms with Gasteiger partial charge in [-0.05, 0) is 36.8 Å². The Balaban J connectivity index is 2.13. The van der Waals surface area contributed by atoms with Gasteiger partial charge in [0.2, 0.25) is 0 Å². The number of carbonyl (C=O) groups excluding carboxylic acids is 1. The van der Waals surface area contributed by atoms with Crippen LogP contribution in [0.2, 0.25) is 0 Å². The quantitative estimate of drug-likeness (QED) is 0.830. The zero-order chi connectivity index (χ0) is 15.4. The summed E-state index contributed by atoms with van der Waals surface area (Å²) in [4.78, 5) is 12.3. The first-order chi connectivity index (χ1) is 9.99. The van der Waals surface area contributed by atoms with Crippen LogP contribution in [0.1, 0.15) is 28.9 Å². The number of halogens is 1. The lowest BCUT2D eigenvalue weighted by Crippen LogP contribution is -2.26. The number of benzene rings is 2. The fraction of sp³-hybridized carbons (Fsp3) is 0.188. The molecule has 1 amide bonds. The Bertz CT molecular complexity index is 641. The van der Waals surface area contributed by atoms with E-state index < -0.39 is 0 Å². The topological polar surface area (TPSA) is 64.3 Å². The van der Waals surface area contributed by atoms with Crippen LogP contribution in [0.5, 0.6) is 5.75 Å². The molecule has 21 heavy (non-hydrogen) atoms. The second kappa shape index (κ2) is 6.63. The van der Waals surface area contributed by atoms with E-state index in [2.05, 4.69) is 21.2 Å². The number of rotatable bonds is 4. The van der Waals surface area contributed by atoms with Crippen LogP contribution in [-0.2, 0) is 0 Å². The Hall–Kier alpha value is -2.01. The number of methoxy groups -OCH3 is 1. The third-order valence-corrected chi connectivity index (χ3v) is 3.67. The number of hydrogen-bond donors (Lipinski definition) is 2. The van der Waals surface area contributed by atoms with Crippen LogP contribution in [0, 0.1) is 0 Å². The van der Waals surface area contributed by atoms with Gasteiger partial charge in [-0.25, -0.2) is 0 Å². The lowest BCUT2D eigenvalue weighted by Gasteiger charge is -2.15. The van der Waals surface area contributed by atoms with E-state index in [1.807, 2.05) is 31.2 Å². The van der Waals surface area contributed by atoms with Crippen molar-refractivity contribution >= 4 is 27.5 Å². The zero-order valence-electron chi connectivity index (χ0n) is 11.9. The number of ether oxygens (including phenoxy) is 1. The molecule has 3 N–H and O–H groups in total. The van der Waals surface area contributed by atoms with Gasteiger partial charge in [0.15, 0.2) is 0 Å². The second-order valence-corrected chi connectivity index (χ2v) is 5.66. The highest BCUT2D eigenvalue weighted by atomic mass is 79.9. The summed E-state index contributed by atoms with van der Waals surface area (Å²) < 4.78 is 6.13. The first-order valence-electron chi connectivity index (χ1n) is 6.50. The first-order valence-corrected chi connectivity index (χ1v) is 7.30. The van der Waals surface area contributed by atoms with Crippen molar-refractivity contribution in [2.75, 3.05) is 12.8 Å². The average molecular weight is 349 g/mol. The van der Waals surface area contributed by atoms with E-state index in [-0.39, 0.29) is 11.9 Å². The molecule has 0 heterocycles. The smallest absolute Gasteiger partial charge is 0.251 e. The van der Waals surface area contributed by atoms with E-state index in [1.54, 1.807) is 25.3 Å². The Morgan fingerprint density at radius 1 is 1.24 bits per heavy atom. The molecule has 0 saturated carbocycles. The van der Waals surface area contributed by atoms with Crippen molar-refractivity contribution in [2.24, 2.45) is 0 Å². The Morgan fingerprint density at radius 3 is 2.52 bits per heavy atom. The molecule has 0 radical (unpaired) electrons. The summed E-state index contributed by atoms with van der Waals surface area (Å²) >= 11 is 3.39. The predicted molar refractivity (Wildman–Crippen MR) is 87.4 cm³/mol. The number of carbonyl (C=O) groups is 1. The SMILES string of the molecule is COc1cc(N)cc(C(=O)NC(C)c2ccc(Br)cc2)c1. The second-order valence-electron chi connectivity index (χ2n) is 4.74. The largest absolute Gasteiger partial charge is 0.497 e.